The van der Waals surface area contributed by atoms with Crippen LogP contribution in [-0.4, -0.2) is 11.1 Å². The summed E-state index contributed by atoms with van der Waals surface area (Å²) in [6.45, 7) is 2.01. The van der Waals surface area contributed by atoms with E-state index < -0.39 is 11.9 Å². The van der Waals surface area contributed by atoms with Crippen molar-refractivity contribution in [3.8, 4) is 0 Å². The first-order valence-corrected chi connectivity index (χ1v) is 5.72. The third kappa shape index (κ3) is 2.54. The van der Waals surface area contributed by atoms with Gasteiger partial charge in [-0.25, -0.2) is 4.39 Å². The summed E-state index contributed by atoms with van der Waals surface area (Å²) in [6.07, 6.45) is 3.28. The molecule has 0 heterocycles. The van der Waals surface area contributed by atoms with E-state index >= 15 is 0 Å². The predicted molar refractivity (Wildman–Crippen MR) is 63.3 cm³/mol. The first-order chi connectivity index (χ1) is 8.08. The Morgan fingerprint density at radius 2 is 2.00 bits per heavy atom. The Labute approximate surface area is 99.8 Å². The molecule has 0 aliphatic heterocycles. The van der Waals surface area contributed by atoms with Crippen LogP contribution in [0.4, 0.5) is 4.39 Å². The lowest BCUT2D eigenvalue weighted by atomic mass is 9.76. The Balaban J connectivity index is 2.31. The zero-order valence-electron chi connectivity index (χ0n) is 9.69. The number of allylic oxidation sites excluding steroid dienone is 2. The number of rotatable bonds is 2. The van der Waals surface area contributed by atoms with Crippen molar-refractivity contribution < 1.29 is 14.3 Å². The SMILES string of the molecule is CC1=CC[C@H](C(=O)O)[C@H](c2ccc(F)cc2)C1. The van der Waals surface area contributed by atoms with Crippen LogP contribution in [0.5, 0.6) is 0 Å². The molecule has 1 aliphatic rings. The highest BCUT2D eigenvalue weighted by atomic mass is 19.1. The lowest BCUT2D eigenvalue weighted by Crippen LogP contribution is -2.24. The van der Waals surface area contributed by atoms with Gasteiger partial charge < -0.3 is 5.11 Å². The number of halogens is 1. The molecule has 1 aliphatic carbocycles. The monoisotopic (exact) mass is 234 g/mol. The normalized spacial score (nSPS) is 24.2. The van der Waals surface area contributed by atoms with Crippen molar-refractivity contribution in [3.05, 3.63) is 47.3 Å². The molecule has 2 nitrogen and oxygen atoms in total. The molecule has 0 bridgehead atoms. The van der Waals surface area contributed by atoms with Gasteiger partial charge >= 0.3 is 5.97 Å². The molecular weight excluding hydrogens is 219 g/mol. The summed E-state index contributed by atoms with van der Waals surface area (Å²) in [5.41, 5.74) is 2.11. The van der Waals surface area contributed by atoms with E-state index in [2.05, 4.69) is 0 Å². The third-order valence-corrected chi connectivity index (χ3v) is 3.36. The van der Waals surface area contributed by atoms with Crippen LogP contribution in [0.1, 0.15) is 31.2 Å². The molecular formula is C14H15FO2. The maximum atomic E-state index is 12.9. The summed E-state index contributed by atoms with van der Waals surface area (Å²) >= 11 is 0. The Morgan fingerprint density at radius 3 is 2.59 bits per heavy atom. The number of aliphatic carboxylic acids is 1. The zero-order valence-corrected chi connectivity index (χ0v) is 9.69. The highest BCUT2D eigenvalue weighted by Crippen LogP contribution is 2.37. The van der Waals surface area contributed by atoms with E-state index in [1.165, 1.54) is 17.7 Å². The minimum absolute atomic E-state index is 0.0434. The van der Waals surface area contributed by atoms with Gasteiger partial charge in [0.05, 0.1) is 5.92 Å². The molecule has 2 atom stereocenters. The molecule has 0 amide bonds. The van der Waals surface area contributed by atoms with Crippen molar-refractivity contribution in [2.45, 2.75) is 25.7 Å². The molecule has 1 aromatic carbocycles. The van der Waals surface area contributed by atoms with Crippen LogP contribution in [0.3, 0.4) is 0 Å². The van der Waals surface area contributed by atoms with E-state index in [9.17, 15) is 14.3 Å². The minimum atomic E-state index is -0.775. The molecule has 0 radical (unpaired) electrons. The van der Waals surface area contributed by atoms with Crippen LogP contribution < -0.4 is 0 Å². The first-order valence-electron chi connectivity index (χ1n) is 5.72. The Hall–Kier alpha value is -1.64. The highest BCUT2D eigenvalue weighted by Gasteiger charge is 2.31. The standard InChI is InChI=1S/C14H15FO2/c1-9-2-7-12(14(16)17)13(8-9)10-3-5-11(15)6-4-10/h2-6,12-13H,7-8H2,1H3,(H,16,17)/t12-,13-/m0/s1. The van der Waals surface area contributed by atoms with Gasteiger partial charge in [-0.15, -0.1) is 0 Å². The van der Waals surface area contributed by atoms with Gasteiger partial charge in [0.15, 0.2) is 0 Å². The largest absolute Gasteiger partial charge is 0.481 e. The highest BCUT2D eigenvalue weighted by molar-refractivity contribution is 5.72. The van der Waals surface area contributed by atoms with Crippen LogP contribution in [0.2, 0.25) is 0 Å². The summed E-state index contributed by atoms with van der Waals surface area (Å²) in [7, 11) is 0. The maximum Gasteiger partial charge on any atom is 0.307 e. The first kappa shape index (κ1) is 11.8. The van der Waals surface area contributed by atoms with Gasteiger partial charge in [0.1, 0.15) is 5.82 Å². The van der Waals surface area contributed by atoms with Gasteiger partial charge in [0.2, 0.25) is 0 Å². The molecule has 17 heavy (non-hydrogen) atoms. The average Bonchev–Trinajstić information content (AvgIpc) is 2.29. The summed E-state index contributed by atoms with van der Waals surface area (Å²) in [5.74, 6) is -1.51. The van der Waals surface area contributed by atoms with Gasteiger partial charge in [0.25, 0.3) is 0 Å². The van der Waals surface area contributed by atoms with E-state index in [-0.39, 0.29) is 11.7 Å². The van der Waals surface area contributed by atoms with Crippen LogP contribution in [0.25, 0.3) is 0 Å². The Kier molecular flexibility index (Phi) is 3.27. The van der Waals surface area contributed by atoms with Crippen LogP contribution >= 0.6 is 0 Å². The predicted octanol–water partition coefficient (Wildman–Crippen LogP) is 3.35. The third-order valence-electron chi connectivity index (χ3n) is 3.36. The second kappa shape index (κ2) is 4.70. The lowest BCUT2D eigenvalue weighted by molar-refractivity contribution is -0.142. The summed E-state index contributed by atoms with van der Waals surface area (Å²) in [5, 5.41) is 9.21. The Morgan fingerprint density at radius 1 is 1.35 bits per heavy atom. The van der Waals surface area contributed by atoms with Gasteiger partial charge in [-0.2, -0.15) is 0 Å². The molecule has 3 heteroatoms. The molecule has 0 saturated heterocycles. The fraction of sp³-hybridized carbons (Fsp3) is 0.357. The molecule has 0 fully saturated rings. The number of hydrogen-bond acceptors (Lipinski definition) is 1. The van der Waals surface area contributed by atoms with Crippen LogP contribution in [-0.2, 0) is 4.79 Å². The van der Waals surface area contributed by atoms with E-state index in [1.54, 1.807) is 12.1 Å². The second-order valence-electron chi connectivity index (χ2n) is 4.59. The summed E-state index contributed by atoms with van der Waals surface area (Å²) in [6, 6.07) is 6.16. The summed E-state index contributed by atoms with van der Waals surface area (Å²) in [4.78, 5) is 11.2. The molecule has 0 aromatic heterocycles. The molecule has 0 spiro atoms. The maximum absolute atomic E-state index is 12.9. The van der Waals surface area contributed by atoms with Crippen molar-refractivity contribution in [3.63, 3.8) is 0 Å². The van der Waals surface area contributed by atoms with Crippen LogP contribution in [0, 0.1) is 11.7 Å². The van der Waals surface area contributed by atoms with Crippen molar-refractivity contribution in [2.24, 2.45) is 5.92 Å². The smallest absolute Gasteiger partial charge is 0.307 e. The van der Waals surface area contributed by atoms with Crippen LogP contribution in [0.15, 0.2) is 35.9 Å². The van der Waals surface area contributed by atoms with Crippen molar-refractivity contribution >= 4 is 5.97 Å². The van der Waals surface area contributed by atoms with Gasteiger partial charge in [0, 0.05) is 5.92 Å². The molecule has 0 saturated carbocycles. The lowest BCUT2D eigenvalue weighted by Gasteiger charge is -2.28. The fourth-order valence-electron chi connectivity index (χ4n) is 2.40. The van der Waals surface area contributed by atoms with Gasteiger partial charge in [-0.1, -0.05) is 23.8 Å². The number of benzene rings is 1. The average molecular weight is 234 g/mol. The minimum Gasteiger partial charge on any atom is -0.481 e. The molecule has 0 unspecified atom stereocenters. The quantitative estimate of drug-likeness (QED) is 0.797. The number of hydrogen-bond donors (Lipinski definition) is 1. The van der Waals surface area contributed by atoms with Gasteiger partial charge in [-0.3, -0.25) is 4.79 Å². The number of carboxylic acids is 1. The summed E-state index contributed by atoms with van der Waals surface area (Å²) < 4.78 is 12.9. The molecule has 90 valence electrons. The Bertz CT molecular complexity index is 448. The van der Waals surface area contributed by atoms with E-state index in [1.807, 2.05) is 13.0 Å². The van der Waals surface area contributed by atoms with Crippen molar-refractivity contribution in [1.29, 1.82) is 0 Å². The zero-order chi connectivity index (χ0) is 12.4. The van der Waals surface area contributed by atoms with E-state index in [0.717, 1.165) is 12.0 Å². The van der Waals surface area contributed by atoms with Crippen molar-refractivity contribution in [2.75, 3.05) is 0 Å². The fourth-order valence-corrected chi connectivity index (χ4v) is 2.40. The molecule has 1 N–H and O–H groups in total. The van der Waals surface area contributed by atoms with E-state index in [0.29, 0.717) is 6.42 Å². The molecule has 2 rings (SSSR count). The molecule has 1 aromatic rings. The topological polar surface area (TPSA) is 37.3 Å². The van der Waals surface area contributed by atoms with Crippen molar-refractivity contribution in [1.82, 2.24) is 0 Å². The number of carbonyl (C=O) groups is 1. The van der Waals surface area contributed by atoms with Gasteiger partial charge in [-0.05, 0) is 37.5 Å². The second-order valence-corrected chi connectivity index (χ2v) is 4.59. The van der Waals surface area contributed by atoms with E-state index in [4.69, 9.17) is 0 Å². The number of carboxylic acid groups (broad SMARTS) is 1.